The fourth-order valence-electron chi connectivity index (χ4n) is 3.26. The lowest BCUT2D eigenvalue weighted by Crippen LogP contribution is -2.51. The molecule has 1 atom stereocenters. The molecule has 0 aliphatic carbocycles. The SMILES string of the molecule is C#CC(CC)(CC)NC(=O)CN1C(=O)N[C@](CC)(c2ccc(F)cc2)C1=O. The molecule has 4 amide bonds. The maximum Gasteiger partial charge on any atom is 0.325 e. The number of hydrogen-bond donors (Lipinski definition) is 2. The summed E-state index contributed by atoms with van der Waals surface area (Å²) in [5, 5.41) is 5.40. The Hall–Kier alpha value is -2.88. The van der Waals surface area contributed by atoms with E-state index in [0.717, 1.165) is 4.90 Å². The molecule has 0 spiro atoms. The second-order valence-corrected chi connectivity index (χ2v) is 6.57. The molecule has 2 N–H and O–H groups in total. The highest BCUT2D eigenvalue weighted by Gasteiger charge is 2.51. The van der Waals surface area contributed by atoms with Crippen LogP contribution in [0, 0.1) is 18.2 Å². The van der Waals surface area contributed by atoms with Gasteiger partial charge in [0.1, 0.15) is 23.4 Å². The highest BCUT2D eigenvalue weighted by atomic mass is 19.1. The molecule has 1 fully saturated rings. The zero-order valence-corrected chi connectivity index (χ0v) is 15.8. The van der Waals surface area contributed by atoms with Crippen LogP contribution in [0.15, 0.2) is 24.3 Å². The molecule has 0 unspecified atom stereocenters. The van der Waals surface area contributed by atoms with Gasteiger partial charge in [-0.3, -0.25) is 14.5 Å². The highest BCUT2D eigenvalue weighted by molar-refractivity contribution is 6.09. The average Bonchev–Trinajstić information content (AvgIpc) is 2.92. The fraction of sp³-hybridized carbons (Fsp3) is 0.450. The minimum absolute atomic E-state index is 0.263. The summed E-state index contributed by atoms with van der Waals surface area (Å²) in [7, 11) is 0. The Balaban J connectivity index is 2.24. The van der Waals surface area contributed by atoms with Crippen molar-refractivity contribution < 1.29 is 18.8 Å². The standard InChI is InChI=1S/C20H24FN3O3/c1-5-19(6-2,7-3)22-16(25)13-24-17(26)20(8-4,23-18(24)27)14-9-11-15(21)12-10-14/h1,9-12H,6-8,13H2,2-4H3,(H,22,25)(H,23,27)/t20-/m1/s1. The van der Waals surface area contributed by atoms with E-state index in [2.05, 4.69) is 16.6 Å². The number of halogens is 1. The molecular formula is C20H24FN3O3. The van der Waals surface area contributed by atoms with Crippen molar-refractivity contribution in [3.63, 3.8) is 0 Å². The number of nitrogens with zero attached hydrogens (tertiary/aromatic N) is 1. The van der Waals surface area contributed by atoms with Crippen molar-refractivity contribution in [3.8, 4) is 12.3 Å². The summed E-state index contributed by atoms with van der Waals surface area (Å²) in [5.74, 6) is 1.08. The van der Waals surface area contributed by atoms with Gasteiger partial charge in [0, 0.05) is 0 Å². The van der Waals surface area contributed by atoms with E-state index in [4.69, 9.17) is 6.42 Å². The minimum atomic E-state index is -1.32. The van der Waals surface area contributed by atoms with E-state index >= 15 is 0 Å². The van der Waals surface area contributed by atoms with Crippen LogP contribution in [0.5, 0.6) is 0 Å². The third-order valence-corrected chi connectivity index (χ3v) is 5.21. The number of carbonyl (C=O) groups is 3. The minimum Gasteiger partial charge on any atom is -0.338 e. The van der Waals surface area contributed by atoms with E-state index in [1.54, 1.807) is 6.92 Å². The van der Waals surface area contributed by atoms with Crippen molar-refractivity contribution in [1.29, 1.82) is 0 Å². The molecule has 1 aromatic rings. The number of amides is 4. The summed E-state index contributed by atoms with van der Waals surface area (Å²) in [6, 6.07) is 4.70. The summed E-state index contributed by atoms with van der Waals surface area (Å²) in [5.41, 5.74) is -1.66. The second-order valence-electron chi connectivity index (χ2n) is 6.57. The van der Waals surface area contributed by atoms with Crippen molar-refractivity contribution in [1.82, 2.24) is 15.5 Å². The summed E-state index contributed by atoms with van der Waals surface area (Å²) in [4.78, 5) is 38.7. The number of imide groups is 1. The van der Waals surface area contributed by atoms with Crippen LogP contribution in [0.1, 0.15) is 45.6 Å². The van der Waals surface area contributed by atoms with Gasteiger partial charge in [-0.15, -0.1) is 6.42 Å². The molecule has 0 bridgehead atoms. The van der Waals surface area contributed by atoms with Crippen LogP contribution in [-0.4, -0.2) is 34.8 Å². The van der Waals surface area contributed by atoms with Gasteiger partial charge in [-0.2, -0.15) is 0 Å². The Labute approximate surface area is 158 Å². The molecule has 2 rings (SSSR count). The van der Waals surface area contributed by atoms with Crippen LogP contribution in [0.25, 0.3) is 0 Å². The number of urea groups is 1. The summed E-state index contributed by atoms with van der Waals surface area (Å²) in [6.45, 7) is 5.02. The average molecular weight is 373 g/mol. The molecule has 6 nitrogen and oxygen atoms in total. The molecule has 7 heteroatoms. The molecule has 1 saturated heterocycles. The number of nitrogens with one attached hydrogen (secondary N) is 2. The van der Waals surface area contributed by atoms with Gasteiger partial charge in [0.15, 0.2) is 0 Å². The van der Waals surface area contributed by atoms with Crippen molar-refractivity contribution in [2.24, 2.45) is 0 Å². The molecule has 1 aromatic carbocycles. The van der Waals surface area contributed by atoms with Crippen LogP contribution in [0.2, 0.25) is 0 Å². The maximum absolute atomic E-state index is 13.2. The van der Waals surface area contributed by atoms with E-state index in [0.29, 0.717) is 18.4 Å². The molecule has 144 valence electrons. The Morgan fingerprint density at radius 3 is 2.33 bits per heavy atom. The van der Waals surface area contributed by atoms with E-state index in [1.165, 1.54) is 24.3 Å². The fourth-order valence-corrected chi connectivity index (χ4v) is 3.26. The lowest BCUT2D eigenvalue weighted by atomic mass is 9.87. The van der Waals surface area contributed by atoms with Crippen LogP contribution < -0.4 is 10.6 Å². The predicted molar refractivity (Wildman–Crippen MR) is 98.9 cm³/mol. The Kier molecular flexibility index (Phi) is 5.89. The number of benzene rings is 1. The zero-order valence-electron chi connectivity index (χ0n) is 15.8. The van der Waals surface area contributed by atoms with E-state index in [1.807, 2.05) is 13.8 Å². The summed E-state index contributed by atoms with van der Waals surface area (Å²) >= 11 is 0. The molecule has 0 aromatic heterocycles. The molecule has 1 aliphatic heterocycles. The van der Waals surface area contributed by atoms with Gasteiger partial charge >= 0.3 is 6.03 Å². The van der Waals surface area contributed by atoms with Crippen LogP contribution in [0.4, 0.5) is 9.18 Å². The van der Waals surface area contributed by atoms with E-state index in [9.17, 15) is 18.8 Å². The largest absolute Gasteiger partial charge is 0.338 e. The Morgan fingerprint density at radius 2 is 1.85 bits per heavy atom. The molecule has 0 radical (unpaired) electrons. The van der Waals surface area contributed by atoms with Crippen LogP contribution in [-0.2, 0) is 15.1 Å². The lowest BCUT2D eigenvalue weighted by molar-refractivity contribution is -0.135. The van der Waals surface area contributed by atoms with Gasteiger partial charge < -0.3 is 10.6 Å². The van der Waals surface area contributed by atoms with Gasteiger partial charge in [-0.25, -0.2) is 9.18 Å². The van der Waals surface area contributed by atoms with Crippen molar-refractivity contribution in [2.45, 2.75) is 51.1 Å². The van der Waals surface area contributed by atoms with Gasteiger partial charge in [0.25, 0.3) is 5.91 Å². The summed E-state index contributed by atoms with van der Waals surface area (Å²) < 4.78 is 13.2. The Morgan fingerprint density at radius 1 is 1.26 bits per heavy atom. The number of hydrogen-bond acceptors (Lipinski definition) is 3. The maximum atomic E-state index is 13.2. The second kappa shape index (κ2) is 7.78. The molecule has 1 heterocycles. The third kappa shape index (κ3) is 3.65. The Bertz CT molecular complexity index is 781. The summed E-state index contributed by atoms with van der Waals surface area (Å²) in [6.07, 6.45) is 6.86. The quantitative estimate of drug-likeness (QED) is 0.569. The van der Waals surface area contributed by atoms with E-state index in [-0.39, 0.29) is 6.42 Å². The predicted octanol–water partition coefficient (Wildman–Crippen LogP) is 2.29. The van der Waals surface area contributed by atoms with Gasteiger partial charge in [0.05, 0.1) is 0 Å². The van der Waals surface area contributed by atoms with Crippen LogP contribution in [0.3, 0.4) is 0 Å². The van der Waals surface area contributed by atoms with Gasteiger partial charge in [-0.1, -0.05) is 38.8 Å². The highest BCUT2D eigenvalue weighted by Crippen LogP contribution is 2.32. The first-order valence-corrected chi connectivity index (χ1v) is 8.96. The van der Waals surface area contributed by atoms with Crippen molar-refractivity contribution in [2.75, 3.05) is 6.54 Å². The monoisotopic (exact) mass is 373 g/mol. The first-order chi connectivity index (χ1) is 12.8. The topological polar surface area (TPSA) is 78.5 Å². The van der Waals surface area contributed by atoms with Crippen molar-refractivity contribution in [3.05, 3.63) is 35.6 Å². The van der Waals surface area contributed by atoms with Gasteiger partial charge in [-0.05, 0) is 37.0 Å². The smallest absolute Gasteiger partial charge is 0.325 e. The zero-order chi connectivity index (χ0) is 20.2. The normalized spacial score (nSPS) is 19.6. The molecule has 0 saturated carbocycles. The van der Waals surface area contributed by atoms with Gasteiger partial charge in [0.2, 0.25) is 5.91 Å². The number of terminal acetylenes is 1. The van der Waals surface area contributed by atoms with E-state index < -0.39 is 41.3 Å². The lowest BCUT2D eigenvalue weighted by Gasteiger charge is -2.28. The first-order valence-electron chi connectivity index (χ1n) is 8.96. The number of carbonyl (C=O) groups excluding carboxylic acids is 3. The third-order valence-electron chi connectivity index (χ3n) is 5.21. The van der Waals surface area contributed by atoms with Crippen LogP contribution >= 0.6 is 0 Å². The molecule has 1 aliphatic rings. The number of rotatable bonds is 7. The van der Waals surface area contributed by atoms with Crippen molar-refractivity contribution >= 4 is 17.8 Å². The molecular weight excluding hydrogens is 349 g/mol. The molecule has 27 heavy (non-hydrogen) atoms. The first kappa shape index (κ1) is 20.4.